The molecule has 0 unspecified atom stereocenters. The molecule has 0 aromatic rings. The summed E-state index contributed by atoms with van der Waals surface area (Å²) in [6.07, 6.45) is 9.06. The van der Waals surface area contributed by atoms with Crippen LogP contribution in [0.2, 0.25) is 0 Å². The molecule has 17 heavy (non-hydrogen) atoms. The zero-order chi connectivity index (χ0) is 12.3. The van der Waals surface area contributed by atoms with Crippen LogP contribution in [-0.2, 0) is 14.3 Å². The Morgan fingerprint density at radius 3 is 2.65 bits per heavy atom. The minimum atomic E-state index is -0.0709. The van der Waals surface area contributed by atoms with Crippen molar-refractivity contribution in [2.45, 2.75) is 58.3 Å². The lowest BCUT2D eigenvalue weighted by Gasteiger charge is -2.24. The first-order valence-corrected chi connectivity index (χ1v) is 7.06. The van der Waals surface area contributed by atoms with Gasteiger partial charge in [-0.2, -0.15) is 0 Å². The summed E-state index contributed by atoms with van der Waals surface area (Å²) in [6, 6.07) is 0. The van der Waals surface area contributed by atoms with Crippen LogP contribution >= 0.6 is 0 Å². The van der Waals surface area contributed by atoms with E-state index >= 15 is 0 Å². The van der Waals surface area contributed by atoms with Gasteiger partial charge < -0.3 is 9.47 Å². The van der Waals surface area contributed by atoms with E-state index in [4.69, 9.17) is 9.47 Å². The van der Waals surface area contributed by atoms with Gasteiger partial charge in [-0.3, -0.25) is 4.79 Å². The van der Waals surface area contributed by atoms with E-state index in [0.29, 0.717) is 13.0 Å². The molecule has 0 amide bonds. The van der Waals surface area contributed by atoms with Crippen molar-refractivity contribution in [3.05, 3.63) is 0 Å². The standard InChI is InChI=1S/C14H26O3/c1-2-17-14(15)9-4-3-5-11-16-12-10-13-7-6-8-13/h13H,2-12H2,1H3. The second-order valence-corrected chi connectivity index (χ2v) is 4.81. The van der Waals surface area contributed by atoms with Gasteiger partial charge in [0.2, 0.25) is 0 Å². The summed E-state index contributed by atoms with van der Waals surface area (Å²) in [7, 11) is 0. The van der Waals surface area contributed by atoms with Crippen LogP contribution < -0.4 is 0 Å². The zero-order valence-electron chi connectivity index (χ0n) is 11.1. The highest BCUT2D eigenvalue weighted by Gasteiger charge is 2.16. The summed E-state index contributed by atoms with van der Waals surface area (Å²) in [6.45, 7) is 4.09. The maximum Gasteiger partial charge on any atom is 0.305 e. The van der Waals surface area contributed by atoms with Crippen molar-refractivity contribution in [1.29, 1.82) is 0 Å². The number of hydrogen-bond donors (Lipinski definition) is 0. The fraction of sp³-hybridized carbons (Fsp3) is 0.929. The summed E-state index contributed by atoms with van der Waals surface area (Å²) in [5.74, 6) is 0.872. The summed E-state index contributed by atoms with van der Waals surface area (Å²) in [4.78, 5) is 11.0. The van der Waals surface area contributed by atoms with Gasteiger partial charge in [-0.25, -0.2) is 0 Å². The van der Waals surface area contributed by atoms with E-state index in [1.54, 1.807) is 0 Å². The Labute approximate surface area is 105 Å². The minimum absolute atomic E-state index is 0.0709. The highest BCUT2D eigenvalue weighted by Crippen LogP contribution is 2.29. The predicted molar refractivity (Wildman–Crippen MR) is 67.9 cm³/mol. The average molecular weight is 242 g/mol. The number of carbonyl (C=O) groups excluding carboxylic acids is 1. The normalized spacial score (nSPS) is 15.6. The molecule has 0 aromatic carbocycles. The van der Waals surface area contributed by atoms with Crippen molar-refractivity contribution in [2.24, 2.45) is 5.92 Å². The molecule has 0 spiro atoms. The first kappa shape index (κ1) is 14.5. The quantitative estimate of drug-likeness (QED) is 0.435. The monoisotopic (exact) mass is 242 g/mol. The van der Waals surface area contributed by atoms with Crippen LogP contribution in [0.1, 0.15) is 58.3 Å². The number of hydrogen-bond acceptors (Lipinski definition) is 3. The van der Waals surface area contributed by atoms with Gasteiger partial charge in [-0.05, 0) is 32.1 Å². The third kappa shape index (κ3) is 7.37. The van der Waals surface area contributed by atoms with E-state index < -0.39 is 0 Å². The molecular weight excluding hydrogens is 216 g/mol. The molecule has 3 heteroatoms. The van der Waals surface area contributed by atoms with Crippen LogP contribution in [0.15, 0.2) is 0 Å². The highest BCUT2D eigenvalue weighted by atomic mass is 16.5. The number of carbonyl (C=O) groups is 1. The highest BCUT2D eigenvalue weighted by molar-refractivity contribution is 5.69. The Hall–Kier alpha value is -0.570. The van der Waals surface area contributed by atoms with Crippen molar-refractivity contribution < 1.29 is 14.3 Å². The van der Waals surface area contributed by atoms with Gasteiger partial charge in [-0.1, -0.05) is 25.7 Å². The van der Waals surface area contributed by atoms with Gasteiger partial charge in [-0.15, -0.1) is 0 Å². The Morgan fingerprint density at radius 2 is 2.00 bits per heavy atom. The predicted octanol–water partition coefficient (Wildman–Crippen LogP) is 3.32. The van der Waals surface area contributed by atoms with Gasteiger partial charge in [0, 0.05) is 19.6 Å². The van der Waals surface area contributed by atoms with Crippen LogP contribution in [-0.4, -0.2) is 25.8 Å². The molecule has 1 saturated carbocycles. The van der Waals surface area contributed by atoms with Crippen LogP contribution in [0.25, 0.3) is 0 Å². The first-order valence-electron chi connectivity index (χ1n) is 7.06. The first-order chi connectivity index (χ1) is 8.33. The number of unbranched alkanes of at least 4 members (excludes halogenated alkanes) is 2. The fourth-order valence-corrected chi connectivity index (χ4v) is 2.02. The number of ether oxygens (including phenoxy) is 2. The molecule has 100 valence electrons. The molecule has 1 aliphatic carbocycles. The van der Waals surface area contributed by atoms with Crippen molar-refractivity contribution in [1.82, 2.24) is 0 Å². The van der Waals surface area contributed by atoms with E-state index in [2.05, 4.69) is 0 Å². The average Bonchev–Trinajstić information content (AvgIpc) is 2.25. The fourth-order valence-electron chi connectivity index (χ4n) is 2.02. The third-order valence-corrected chi connectivity index (χ3v) is 3.37. The largest absolute Gasteiger partial charge is 0.466 e. The van der Waals surface area contributed by atoms with E-state index in [1.807, 2.05) is 6.92 Å². The Balaban J connectivity index is 1.73. The molecule has 0 N–H and O–H groups in total. The van der Waals surface area contributed by atoms with E-state index in [0.717, 1.165) is 38.4 Å². The van der Waals surface area contributed by atoms with E-state index in [1.165, 1.54) is 25.7 Å². The second-order valence-electron chi connectivity index (χ2n) is 4.81. The summed E-state index contributed by atoms with van der Waals surface area (Å²) < 4.78 is 10.4. The number of rotatable bonds is 10. The number of esters is 1. The zero-order valence-corrected chi connectivity index (χ0v) is 11.1. The van der Waals surface area contributed by atoms with Crippen molar-refractivity contribution in [3.63, 3.8) is 0 Å². The summed E-state index contributed by atoms with van der Waals surface area (Å²) in [5.41, 5.74) is 0. The van der Waals surface area contributed by atoms with Crippen molar-refractivity contribution >= 4 is 5.97 Å². The maximum atomic E-state index is 11.0. The van der Waals surface area contributed by atoms with Crippen LogP contribution in [0, 0.1) is 5.92 Å². The van der Waals surface area contributed by atoms with Gasteiger partial charge >= 0.3 is 5.97 Å². The molecule has 0 aromatic heterocycles. The van der Waals surface area contributed by atoms with Gasteiger partial charge in [0.25, 0.3) is 0 Å². The molecule has 0 atom stereocenters. The van der Waals surface area contributed by atoms with Gasteiger partial charge in [0.05, 0.1) is 6.61 Å². The molecule has 3 nitrogen and oxygen atoms in total. The van der Waals surface area contributed by atoms with Crippen molar-refractivity contribution in [3.8, 4) is 0 Å². The molecule has 0 radical (unpaired) electrons. The van der Waals surface area contributed by atoms with Gasteiger partial charge in [0.15, 0.2) is 0 Å². The lowest BCUT2D eigenvalue weighted by molar-refractivity contribution is -0.143. The van der Waals surface area contributed by atoms with E-state index in [-0.39, 0.29) is 5.97 Å². The minimum Gasteiger partial charge on any atom is -0.466 e. The molecule has 1 rings (SSSR count). The molecule has 0 bridgehead atoms. The molecule has 0 saturated heterocycles. The Morgan fingerprint density at radius 1 is 1.18 bits per heavy atom. The third-order valence-electron chi connectivity index (χ3n) is 3.37. The molecule has 1 fully saturated rings. The second kappa shape index (κ2) is 9.46. The SMILES string of the molecule is CCOC(=O)CCCCCOCCC1CCC1. The Bertz CT molecular complexity index is 200. The lowest BCUT2D eigenvalue weighted by Crippen LogP contribution is -2.13. The van der Waals surface area contributed by atoms with Crippen LogP contribution in [0.4, 0.5) is 0 Å². The van der Waals surface area contributed by atoms with Crippen molar-refractivity contribution in [2.75, 3.05) is 19.8 Å². The van der Waals surface area contributed by atoms with Crippen LogP contribution in [0.3, 0.4) is 0 Å². The maximum absolute atomic E-state index is 11.0. The van der Waals surface area contributed by atoms with Gasteiger partial charge in [0.1, 0.15) is 0 Å². The Kier molecular flexibility index (Phi) is 8.06. The summed E-state index contributed by atoms with van der Waals surface area (Å²) >= 11 is 0. The molecule has 0 aliphatic heterocycles. The smallest absolute Gasteiger partial charge is 0.305 e. The molecule has 0 heterocycles. The van der Waals surface area contributed by atoms with Crippen LogP contribution in [0.5, 0.6) is 0 Å². The topological polar surface area (TPSA) is 35.5 Å². The summed E-state index contributed by atoms with van der Waals surface area (Å²) in [5, 5.41) is 0. The lowest BCUT2D eigenvalue weighted by atomic mass is 9.83. The molecular formula is C14H26O3. The molecule has 1 aliphatic rings. The van der Waals surface area contributed by atoms with E-state index in [9.17, 15) is 4.79 Å².